The molecule has 1 atom stereocenters. The maximum atomic E-state index is 13.6. The first-order chi connectivity index (χ1) is 13.6. The van der Waals surface area contributed by atoms with E-state index in [4.69, 9.17) is 4.74 Å². The molecule has 5 nitrogen and oxygen atoms in total. The molecule has 0 bridgehead atoms. The summed E-state index contributed by atoms with van der Waals surface area (Å²) < 4.78 is 19.3. The lowest BCUT2D eigenvalue weighted by Gasteiger charge is -2.40. The van der Waals surface area contributed by atoms with Crippen LogP contribution in [0, 0.1) is 5.82 Å². The number of ether oxygens (including phenoxy) is 1. The first-order valence-corrected chi connectivity index (χ1v) is 9.75. The SMILES string of the molecule is CN1Cc2ccccc2C[C@H]1CNC(=O)N1CC(OCc2ccccc2F)C1. The summed E-state index contributed by atoms with van der Waals surface area (Å²) in [6.07, 6.45) is 0.913. The van der Waals surface area contributed by atoms with Crippen molar-refractivity contribution < 1.29 is 13.9 Å². The van der Waals surface area contributed by atoms with E-state index in [1.807, 2.05) is 0 Å². The summed E-state index contributed by atoms with van der Waals surface area (Å²) in [5.74, 6) is -0.255. The molecule has 0 spiro atoms. The number of hydrogen-bond acceptors (Lipinski definition) is 3. The minimum Gasteiger partial charge on any atom is -0.370 e. The Morgan fingerprint density at radius 2 is 1.86 bits per heavy atom. The van der Waals surface area contributed by atoms with E-state index >= 15 is 0 Å². The maximum absolute atomic E-state index is 13.6. The van der Waals surface area contributed by atoms with Crippen molar-refractivity contribution in [3.8, 4) is 0 Å². The minimum absolute atomic E-state index is 0.0328. The molecule has 2 amide bonds. The average molecular weight is 383 g/mol. The van der Waals surface area contributed by atoms with Crippen molar-refractivity contribution in [2.75, 3.05) is 26.7 Å². The molecule has 1 N–H and O–H groups in total. The molecule has 2 aliphatic rings. The van der Waals surface area contributed by atoms with Gasteiger partial charge in [-0.25, -0.2) is 9.18 Å². The molecule has 148 valence electrons. The number of fused-ring (bicyclic) bond motifs is 1. The van der Waals surface area contributed by atoms with Crippen LogP contribution in [0.2, 0.25) is 0 Å². The lowest BCUT2D eigenvalue weighted by atomic mass is 9.94. The van der Waals surface area contributed by atoms with E-state index < -0.39 is 0 Å². The van der Waals surface area contributed by atoms with Crippen molar-refractivity contribution in [1.29, 1.82) is 0 Å². The Hall–Kier alpha value is -2.44. The zero-order chi connectivity index (χ0) is 19.5. The highest BCUT2D eigenvalue weighted by atomic mass is 19.1. The van der Waals surface area contributed by atoms with Gasteiger partial charge in [0.05, 0.1) is 25.8 Å². The van der Waals surface area contributed by atoms with Crippen molar-refractivity contribution in [1.82, 2.24) is 15.1 Å². The number of amides is 2. The van der Waals surface area contributed by atoms with Crippen molar-refractivity contribution in [2.45, 2.75) is 31.7 Å². The quantitative estimate of drug-likeness (QED) is 0.864. The number of hydrogen-bond donors (Lipinski definition) is 1. The highest BCUT2D eigenvalue weighted by Gasteiger charge is 2.32. The Balaban J connectivity index is 1.19. The van der Waals surface area contributed by atoms with Crippen LogP contribution < -0.4 is 5.32 Å². The molecule has 4 rings (SSSR count). The zero-order valence-corrected chi connectivity index (χ0v) is 16.1. The van der Waals surface area contributed by atoms with Crippen LogP contribution >= 0.6 is 0 Å². The summed E-state index contributed by atoms with van der Waals surface area (Å²) >= 11 is 0. The summed E-state index contributed by atoms with van der Waals surface area (Å²) in [5, 5.41) is 3.05. The van der Waals surface area contributed by atoms with Gasteiger partial charge in [-0.3, -0.25) is 4.90 Å². The third-order valence-electron chi connectivity index (χ3n) is 5.67. The number of halogens is 1. The van der Waals surface area contributed by atoms with Crippen LogP contribution in [-0.2, 0) is 24.3 Å². The third kappa shape index (κ3) is 4.18. The summed E-state index contributed by atoms with van der Waals surface area (Å²) in [4.78, 5) is 16.4. The van der Waals surface area contributed by atoms with Gasteiger partial charge >= 0.3 is 6.03 Å². The van der Waals surface area contributed by atoms with Crippen LogP contribution in [0.3, 0.4) is 0 Å². The van der Waals surface area contributed by atoms with Crippen LogP contribution in [0.25, 0.3) is 0 Å². The van der Waals surface area contributed by atoms with Gasteiger partial charge in [-0.2, -0.15) is 0 Å². The highest BCUT2D eigenvalue weighted by Crippen LogP contribution is 2.22. The van der Waals surface area contributed by atoms with E-state index in [9.17, 15) is 9.18 Å². The van der Waals surface area contributed by atoms with Gasteiger partial charge in [-0.15, -0.1) is 0 Å². The number of likely N-dealkylation sites (tertiary alicyclic amines) is 1. The Bertz CT molecular complexity index is 838. The molecule has 0 unspecified atom stereocenters. The first-order valence-electron chi connectivity index (χ1n) is 9.75. The lowest BCUT2D eigenvalue weighted by molar-refractivity contribution is -0.0451. The van der Waals surface area contributed by atoms with Gasteiger partial charge in [0.2, 0.25) is 0 Å². The molecule has 0 radical (unpaired) electrons. The van der Waals surface area contributed by atoms with Gasteiger partial charge in [-0.05, 0) is 30.7 Å². The van der Waals surface area contributed by atoms with Crippen molar-refractivity contribution >= 4 is 6.03 Å². The Morgan fingerprint density at radius 1 is 1.14 bits per heavy atom. The maximum Gasteiger partial charge on any atom is 0.317 e. The monoisotopic (exact) mass is 383 g/mol. The van der Waals surface area contributed by atoms with Crippen LogP contribution in [0.5, 0.6) is 0 Å². The summed E-state index contributed by atoms with van der Waals surface area (Å²) in [5.41, 5.74) is 3.28. The highest BCUT2D eigenvalue weighted by molar-refractivity contribution is 5.75. The Kier molecular flexibility index (Phi) is 5.59. The van der Waals surface area contributed by atoms with E-state index in [0.717, 1.165) is 13.0 Å². The molecular weight excluding hydrogens is 357 g/mol. The molecule has 2 aromatic carbocycles. The van der Waals surface area contributed by atoms with Crippen LogP contribution in [0.15, 0.2) is 48.5 Å². The molecular formula is C22H26FN3O2. The normalized spacial score (nSPS) is 19.8. The molecule has 1 saturated heterocycles. The molecule has 2 aliphatic heterocycles. The average Bonchev–Trinajstić information content (AvgIpc) is 2.66. The van der Waals surface area contributed by atoms with E-state index in [2.05, 4.69) is 41.5 Å². The Morgan fingerprint density at radius 3 is 2.64 bits per heavy atom. The number of carbonyl (C=O) groups is 1. The van der Waals surface area contributed by atoms with E-state index in [0.29, 0.717) is 31.2 Å². The molecule has 2 aromatic rings. The third-order valence-corrected chi connectivity index (χ3v) is 5.67. The van der Waals surface area contributed by atoms with Gasteiger partial charge in [0, 0.05) is 24.7 Å². The number of benzene rings is 2. The van der Waals surface area contributed by atoms with Crippen molar-refractivity contribution in [3.05, 3.63) is 71.0 Å². The molecule has 28 heavy (non-hydrogen) atoms. The summed E-state index contributed by atoms with van der Waals surface area (Å²) in [7, 11) is 2.10. The number of nitrogens with zero attached hydrogens (tertiary/aromatic N) is 2. The number of carbonyl (C=O) groups excluding carboxylic acids is 1. The molecule has 2 heterocycles. The van der Waals surface area contributed by atoms with E-state index in [1.165, 1.54) is 17.2 Å². The second kappa shape index (κ2) is 8.29. The van der Waals surface area contributed by atoms with Crippen LogP contribution in [-0.4, -0.2) is 54.7 Å². The van der Waals surface area contributed by atoms with Gasteiger partial charge < -0.3 is 15.0 Å². The summed E-state index contributed by atoms with van der Waals surface area (Å²) in [6.45, 7) is 2.86. The molecule has 0 aliphatic carbocycles. The summed E-state index contributed by atoms with van der Waals surface area (Å²) in [6, 6.07) is 15.3. The fourth-order valence-electron chi connectivity index (χ4n) is 3.80. The van der Waals surface area contributed by atoms with Crippen LogP contribution in [0.1, 0.15) is 16.7 Å². The van der Waals surface area contributed by atoms with Crippen molar-refractivity contribution in [2.24, 2.45) is 0 Å². The second-order valence-corrected chi connectivity index (χ2v) is 7.66. The second-order valence-electron chi connectivity index (χ2n) is 7.66. The fourth-order valence-corrected chi connectivity index (χ4v) is 3.80. The zero-order valence-electron chi connectivity index (χ0n) is 16.1. The minimum atomic E-state index is -0.255. The smallest absolute Gasteiger partial charge is 0.317 e. The number of urea groups is 1. The number of rotatable bonds is 5. The molecule has 6 heteroatoms. The predicted molar refractivity (Wildman–Crippen MR) is 105 cm³/mol. The standard InChI is InChI=1S/C22H26FN3O2/c1-25-12-17-7-3-2-6-16(17)10-19(25)11-24-22(27)26-13-20(14-26)28-15-18-8-4-5-9-21(18)23/h2-9,19-20H,10-15H2,1H3,(H,24,27)/t19-/m0/s1. The predicted octanol–water partition coefficient (Wildman–Crippen LogP) is 2.79. The first kappa shape index (κ1) is 18.9. The van der Waals surface area contributed by atoms with Gasteiger partial charge in [0.1, 0.15) is 5.82 Å². The largest absolute Gasteiger partial charge is 0.370 e. The Labute approximate surface area is 165 Å². The molecule has 1 fully saturated rings. The molecule has 0 aromatic heterocycles. The topological polar surface area (TPSA) is 44.8 Å². The lowest BCUT2D eigenvalue weighted by Crippen LogP contribution is -2.59. The van der Waals surface area contributed by atoms with E-state index in [-0.39, 0.29) is 24.6 Å². The van der Waals surface area contributed by atoms with Gasteiger partial charge in [-0.1, -0.05) is 42.5 Å². The number of nitrogens with one attached hydrogen (secondary N) is 1. The van der Waals surface area contributed by atoms with Gasteiger partial charge in [0.15, 0.2) is 0 Å². The molecule has 0 saturated carbocycles. The van der Waals surface area contributed by atoms with Crippen LogP contribution in [0.4, 0.5) is 9.18 Å². The van der Waals surface area contributed by atoms with E-state index in [1.54, 1.807) is 23.1 Å². The number of likely N-dealkylation sites (N-methyl/N-ethyl adjacent to an activating group) is 1. The van der Waals surface area contributed by atoms with Gasteiger partial charge in [0.25, 0.3) is 0 Å². The van der Waals surface area contributed by atoms with Crippen molar-refractivity contribution in [3.63, 3.8) is 0 Å². The fraction of sp³-hybridized carbons (Fsp3) is 0.409.